The quantitative estimate of drug-likeness (QED) is 0.541. The Morgan fingerprint density at radius 1 is 1.43 bits per heavy atom. The number of aliphatic carboxylic acids is 1. The van der Waals surface area contributed by atoms with Gasteiger partial charge >= 0.3 is 5.97 Å². The van der Waals surface area contributed by atoms with E-state index in [4.69, 9.17) is 10.2 Å². The van der Waals surface area contributed by atoms with E-state index in [1.807, 2.05) is 0 Å². The Labute approximate surface area is 82.0 Å². The summed E-state index contributed by atoms with van der Waals surface area (Å²) in [5.41, 5.74) is 0. The van der Waals surface area contributed by atoms with Gasteiger partial charge in [0, 0.05) is 6.54 Å². The van der Waals surface area contributed by atoms with Crippen molar-refractivity contribution in [1.29, 1.82) is 0 Å². The third kappa shape index (κ3) is 3.60. The Morgan fingerprint density at radius 3 is 2.43 bits per heavy atom. The second-order valence-corrected chi connectivity index (χ2v) is 5.30. The Kier molecular flexibility index (Phi) is 3.46. The molecule has 0 aliphatic heterocycles. The number of sulfonamides is 1. The lowest BCUT2D eigenvalue weighted by atomic mass is 9.83. The van der Waals surface area contributed by atoms with Gasteiger partial charge in [-0.05, 0) is 18.8 Å². The summed E-state index contributed by atoms with van der Waals surface area (Å²) in [5, 5.41) is 17.2. The molecule has 0 amide bonds. The summed E-state index contributed by atoms with van der Waals surface area (Å²) in [6.45, 7) is 0.215. The van der Waals surface area contributed by atoms with Crippen LogP contribution in [0, 0.1) is 5.92 Å². The van der Waals surface area contributed by atoms with Crippen LogP contribution < -0.4 is 4.72 Å². The summed E-state index contributed by atoms with van der Waals surface area (Å²) in [7, 11) is -3.70. The minimum atomic E-state index is -3.70. The van der Waals surface area contributed by atoms with Crippen molar-refractivity contribution < 1.29 is 23.4 Å². The average Bonchev–Trinajstić information content (AvgIpc) is 1.93. The van der Waals surface area contributed by atoms with Gasteiger partial charge in [0.15, 0.2) is 5.75 Å². The molecule has 14 heavy (non-hydrogen) atoms. The highest BCUT2D eigenvalue weighted by molar-refractivity contribution is 7.90. The monoisotopic (exact) mass is 223 g/mol. The number of aliphatic hydroxyl groups excluding tert-OH is 1. The Hall–Kier alpha value is -0.660. The van der Waals surface area contributed by atoms with E-state index in [0.717, 1.165) is 0 Å². The van der Waals surface area contributed by atoms with Gasteiger partial charge in [0.25, 0.3) is 0 Å². The number of carboxylic acid groups (broad SMARTS) is 1. The standard InChI is InChI=1S/C7H13NO5S/c9-6-1-5(2-6)3-8-14(12,13)4-7(10)11/h5-6,8-9H,1-4H2,(H,10,11). The lowest BCUT2D eigenvalue weighted by Crippen LogP contribution is -2.40. The molecular weight excluding hydrogens is 210 g/mol. The van der Waals surface area contributed by atoms with Gasteiger partial charge in [-0.2, -0.15) is 0 Å². The fourth-order valence-corrected chi connectivity index (χ4v) is 2.24. The minimum absolute atomic E-state index is 0.133. The van der Waals surface area contributed by atoms with E-state index < -0.39 is 21.7 Å². The molecule has 0 aromatic rings. The molecule has 1 saturated carbocycles. The smallest absolute Gasteiger partial charge is 0.320 e. The van der Waals surface area contributed by atoms with Crippen molar-refractivity contribution in [3.8, 4) is 0 Å². The first-order valence-corrected chi connectivity index (χ1v) is 5.91. The van der Waals surface area contributed by atoms with Gasteiger partial charge in [-0.3, -0.25) is 4.79 Å². The SMILES string of the molecule is O=C(O)CS(=O)(=O)NCC1CC(O)C1. The molecule has 3 N–H and O–H groups in total. The van der Waals surface area contributed by atoms with Crippen molar-refractivity contribution in [3.05, 3.63) is 0 Å². The average molecular weight is 223 g/mol. The molecule has 0 aromatic heterocycles. The number of rotatable bonds is 5. The van der Waals surface area contributed by atoms with Crippen molar-refractivity contribution in [2.45, 2.75) is 18.9 Å². The fourth-order valence-electron chi connectivity index (χ4n) is 1.33. The fraction of sp³-hybridized carbons (Fsp3) is 0.857. The van der Waals surface area contributed by atoms with Crippen LogP contribution in [-0.2, 0) is 14.8 Å². The van der Waals surface area contributed by atoms with E-state index in [2.05, 4.69) is 4.72 Å². The van der Waals surface area contributed by atoms with Gasteiger partial charge < -0.3 is 10.2 Å². The van der Waals surface area contributed by atoms with Gasteiger partial charge in [0.1, 0.15) is 0 Å². The maximum absolute atomic E-state index is 11.0. The van der Waals surface area contributed by atoms with E-state index in [9.17, 15) is 13.2 Å². The molecule has 1 rings (SSSR count). The molecule has 0 heterocycles. The summed E-state index contributed by atoms with van der Waals surface area (Å²) in [6.07, 6.45) is 0.828. The first-order valence-electron chi connectivity index (χ1n) is 4.26. The van der Waals surface area contributed by atoms with Crippen molar-refractivity contribution in [1.82, 2.24) is 4.72 Å². The van der Waals surface area contributed by atoms with Crippen LogP contribution in [0.25, 0.3) is 0 Å². The third-order valence-electron chi connectivity index (χ3n) is 2.12. The lowest BCUT2D eigenvalue weighted by Gasteiger charge is -2.31. The largest absolute Gasteiger partial charge is 0.480 e. The zero-order valence-electron chi connectivity index (χ0n) is 7.51. The highest BCUT2D eigenvalue weighted by atomic mass is 32.2. The molecule has 1 fully saturated rings. The first-order chi connectivity index (χ1) is 6.39. The molecule has 0 unspecified atom stereocenters. The predicted octanol–water partition coefficient (Wildman–Crippen LogP) is -1.24. The Bertz CT molecular complexity index is 306. The maximum Gasteiger partial charge on any atom is 0.320 e. The Morgan fingerprint density at radius 2 is 2.00 bits per heavy atom. The van der Waals surface area contributed by atoms with Crippen LogP contribution in [0.1, 0.15) is 12.8 Å². The van der Waals surface area contributed by atoms with Crippen LogP contribution in [-0.4, -0.2) is 43.0 Å². The molecule has 0 radical (unpaired) electrons. The van der Waals surface area contributed by atoms with Crippen LogP contribution in [0.5, 0.6) is 0 Å². The van der Waals surface area contributed by atoms with Crippen molar-refractivity contribution >= 4 is 16.0 Å². The summed E-state index contributed by atoms with van der Waals surface area (Å²) in [5.74, 6) is -2.14. The molecule has 82 valence electrons. The van der Waals surface area contributed by atoms with Crippen LogP contribution in [0.15, 0.2) is 0 Å². The number of carbonyl (C=O) groups is 1. The predicted molar refractivity (Wildman–Crippen MR) is 48.2 cm³/mol. The van der Waals surface area contributed by atoms with Crippen LogP contribution in [0.4, 0.5) is 0 Å². The molecule has 7 heteroatoms. The molecule has 1 aliphatic rings. The normalized spacial score (nSPS) is 26.9. The molecule has 0 spiro atoms. The number of nitrogens with one attached hydrogen (secondary N) is 1. The molecule has 0 atom stereocenters. The molecule has 1 aliphatic carbocycles. The van der Waals surface area contributed by atoms with Gasteiger partial charge in [0.2, 0.25) is 10.0 Å². The topological polar surface area (TPSA) is 104 Å². The summed E-state index contributed by atoms with van der Waals surface area (Å²) >= 11 is 0. The summed E-state index contributed by atoms with van der Waals surface area (Å²) in [4.78, 5) is 10.1. The van der Waals surface area contributed by atoms with Crippen molar-refractivity contribution in [3.63, 3.8) is 0 Å². The second-order valence-electron chi connectivity index (χ2n) is 3.49. The van der Waals surface area contributed by atoms with Gasteiger partial charge in [-0.1, -0.05) is 0 Å². The van der Waals surface area contributed by atoms with E-state index in [-0.39, 0.29) is 18.6 Å². The number of hydrogen-bond donors (Lipinski definition) is 3. The van der Waals surface area contributed by atoms with E-state index >= 15 is 0 Å². The minimum Gasteiger partial charge on any atom is -0.480 e. The second kappa shape index (κ2) is 4.24. The first kappa shape index (κ1) is 11.4. The highest BCUT2D eigenvalue weighted by Gasteiger charge is 2.28. The molecule has 0 bridgehead atoms. The van der Waals surface area contributed by atoms with Gasteiger partial charge in [-0.15, -0.1) is 0 Å². The number of carboxylic acids is 1. The lowest BCUT2D eigenvalue weighted by molar-refractivity contribution is -0.134. The van der Waals surface area contributed by atoms with Crippen LogP contribution in [0.3, 0.4) is 0 Å². The Balaban J connectivity index is 2.26. The van der Waals surface area contributed by atoms with E-state index in [1.54, 1.807) is 0 Å². The maximum atomic E-state index is 11.0. The zero-order chi connectivity index (χ0) is 10.8. The van der Waals surface area contributed by atoms with Gasteiger partial charge in [-0.25, -0.2) is 13.1 Å². The van der Waals surface area contributed by atoms with Crippen LogP contribution in [0.2, 0.25) is 0 Å². The molecule has 0 saturated heterocycles. The summed E-state index contributed by atoms with van der Waals surface area (Å²) in [6, 6.07) is 0. The third-order valence-corrected chi connectivity index (χ3v) is 3.35. The summed E-state index contributed by atoms with van der Waals surface area (Å²) < 4.78 is 24.2. The number of hydrogen-bond acceptors (Lipinski definition) is 4. The van der Waals surface area contributed by atoms with Crippen molar-refractivity contribution in [2.24, 2.45) is 5.92 Å². The van der Waals surface area contributed by atoms with E-state index in [0.29, 0.717) is 12.8 Å². The van der Waals surface area contributed by atoms with Gasteiger partial charge in [0.05, 0.1) is 6.10 Å². The molecule has 6 nitrogen and oxygen atoms in total. The molecular formula is C7H13NO5S. The van der Waals surface area contributed by atoms with Crippen molar-refractivity contribution in [2.75, 3.05) is 12.3 Å². The van der Waals surface area contributed by atoms with Crippen LogP contribution >= 0.6 is 0 Å². The zero-order valence-corrected chi connectivity index (χ0v) is 8.33. The number of aliphatic hydroxyl groups is 1. The van der Waals surface area contributed by atoms with E-state index in [1.165, 1.54) is 0 Å². The highest BCUT2D eigenvalue weighted by Crippen LogP contribution is 2.26. The molecule has 0 aromatic carbocycles.